The summed E-state index contributed by atoms with van der Waals surface area (Å²) in [5.74, 6) is 5.62. The number of benzene rings is 1. The van der Waals surface area contributed by atoms with Crippen LogP contribution in [0.4, 0.5) is 0 Å². The lowest BCUT2D eigenvalue weighted by molar-refractivity contribution is -0.116. The van der Waals surface area contributed by atoms with Crippen molar-refractivity contribution in [1.82, 2.24) is 10.2 Å². The third-order valence-corrected chi connectivity index (χ3v) is 3.90. The quantitative estimate of drug-likeness (QED) is 0.688. The number of rotatable bonds is 4. The topological polar surface area (TPSA) is 49.4 Å². The summed E-state index contributed by atoms with van der Waals surface area (Å²) in [6.45, 7) is 0.270. The first-order chi connectivity index (χ1) is 11.6. The minimum absolute atomic E-state index is 0.0423. The number of hydrogen-bond donors (Lipinski definition) is 1. The van der Waals surface area contributed by atoms with Gasteiger partial charge in [0.1, 0.15) is 0 Å². The molecule has 2 amide bonds. The summed E-state index contributed by atoms with van der Waals surface area (Å²) in [7, 11) is 3.43. The number of nitrogens with zero attached hydrogens (tertiary/aromatic N) is 1. The third kappa shape index (κ3) is 5.41. The van der Waals surface area contributed by atoms with E-state index in [0.717, 1.165) is 10.4 Å². The Hall–Kier alpha value is -2.84. The summed E-state index contributed by atoms with van der Waals surface area (Å²) < 4.78 is 0. The van der Waals surface area contributed by atoms with Crippen molar-refractivity contribution in [1.29, 1.82) is 0 Å². The van der Waals surface area contributed by atoms with Crippen LogP contribution in [0, 0.1) is 11.8 Å². The number of amides is 2. The van der Waals surface area contributed by atoms with Gasteiger partial charge >= 0.3 is 0 Å². The first-order valence-electron chi connectivity index (χ1n) is 7.36. The molecular weight excluding hydrogens is 320 g/mol. The van der Waals surface area contributed by atoms with Gasteiger partial charge in [0.15, 0.2) is 0 Å². The predicted molar refractivity (Wildman–Crippen MR) is 97.7 cm³/mol. The maximum absolute atomic E-state index is 11.8. The van der Waals surface area contributed by atoms with Gasteiger partial charge in [-0.2, -0.15) is 0 Å². The van der Waals surface area contributed by atoms with Gasteiger partial charge in [-0.1, -0.05) is 17.9 Å². The molecule has 4 nitrogen and oxygen atoms in total. The monoisotopic (exact) mass is 338 g/mol. The largest absolute Gasteiger partial charge is 0.345 e. The van der Waals surface area contributed by atoms with Gasteiger partial charge in [0.2, 0.25) is 5.91 Å². The number of carbonyl (C=O) groups excluding carboxylic acids is 2. The van der Waals surface area contributed by atoms with Crippen LogP contribution in [0.5, 0.6) is 0 Å². The molecule has 2 rings (SSSR count). The summed E-state index contributed by atoms with van der Waals surface area (Å²) in [6, 6.07) is 11.0. The molecule has 0 aliphatic rings. The number of thiophene rings is 1. The summed E-state index contributed by atoms with van der Waals surface area (Å²) in [5, 5.41) is 4.66. The Bertz CT molecular complexity index is 779. The van der Waals surface area contributed by atoms with Gasteiger partial charge in [-0.15, -0.1) is 11.3 Å². The molecule has 0 unspecified atom stereocenters. The van der Waals surface area contributed by atoms with E-state index < -0.39 is 0 Å². The average Bonchev–Trinajstić information content (AvgIpc) is 3.10. The van der Waals surface area contributed by atoms with E-state index in [1.165, 1.54) is 11.0 Å². The van der Waals surface area contributed by atoms with Gasteiger partial charge in [-0.25, -0.2) is 0 Å². The van der Waals surface area contributed by atoms with E-state index in [1.807, 2.05) is 17.5 Å². The fourth-order valence-electron chi connectivity index (χ4n) is 1.83. The zero-order valence-electron chi connectivity index (χ0n) is 13.6. The van der Waals surface area contributed by atoms with Crippen molar-refractivity contribution in [3.63, 3.8) is 0 Å². The molecule has 24 heavy (non-hydrogen) atoms. The number of hydrogen-bond acceptors (Lipinski definition) is 3. The molecule has 0 radical (unpaired) electrons. The van der Waals surface area contributed by atoms with E-state index in [-0.39, 0.29) is 18.4 Å². The summed E-state index contributed by atoms with van der Waals surface area (Å²) >= 11 is 1.57. The van der Waals surface area contributed by atoms with Crippen molar-refractivity contribution < 1.29 is 9.59 Å². The van der Waals surface area contributed by atoms with Gasteiger partial charge in [-0.05, 0) is 41.8 Å². The molecule has 0 aliphatic heterocycles. The van der Waals surface area contributed by atoms with Gasteiger partial charge in [0, 0.05) is 36.2 Å². The number of carbonyl (C=O) groups is 2. The van der Waals surface area contributed by atoms with Crippen LogP contribution < -0.4 is 5.32 Å². The van der Waals surface area contributed by atoms with Crippen molar-refractivity contribution in [2.24, 2.45) is 0 Å². The molecule has 0 bridgehead atoms. The Morgan fingerprint density at radius 1 is 1.21 bits per heavy atom. The first kappa shape index (κ1) is 17.5. The Balaban J connectivity index is 1.82. The molecular formula is C19H18N2O2S. The molecule has 0 spiro atoms. The highest BCUT2D eigenvalue weighted by Gasteiger charge is 2.06. The Labute approximate surface area is 145 Å². The first-order valence-corrected chi connectivity index (χ1v) is 8.24. The van der Waals surface area contributed by atoms with E-state index in [1.54, 1.807) is 55.8 Å². The van der Waals surface area contributed by atoms with Crippen molar-refractivity contribution in [3.8, 4) is 11.8 Å². The Morgan fingerprint density at radius 3 is 2.58 bits per heavy atom. The number of nitrogens with one attached hydrogen (secondary N) is 1. The highest BCUT2D eigenvalue weighted by molar-refractivity contribution is 7.10. The molecule has 0 saturated carbocycles. The smallest absolute Gasteiger partial charge is 0.253 e. The van der Waals surface area contributed by atoms with Crippen molar-refractivity contribution in [3.05, 3.63) is 63.9 Å². The zero-order valence-corrected chi connectivity index (χ0v) is 14.4. The molecule has 1 N–H and O–H groups in total. The molecule has 0 saturated heterocycles. The zero-order chi connectivity index (χ0) is 17.4. The van der Waals surface area contributed by atoms with Crippen molar-refractivity contribution in [2.45, 2.75) is 0 Å². The van der Waals surface area contributed by atoms with Crippen LogP contribution >= 0.6 is 11.3 Å². The lowest BCUT2D eigenvalue weighted by atomic mass is 10.1. The molecule has 5 heteroatoms. The normalized spacial score (nSPS) is 10.1. The second-order valence-corrected chi connectivity index (χ2v) is 6.12. The van der Waals surface area contributed by atoms with Gasteiger partial charge in [0.05, 0.1) is 6.54 Å². The van der Waals surface area contributed by atoms with Crippen molar-refractivity contribution in [2.75, 3.05) is 20.6 Å². The second-order valence-electron chi connectivity index (χ2n) is 5.15. The standard InChI is InChI=1S/C19H18N2O2S/c1-21(2)19(23)16-9-7-15(8-10-16)5-3-13-20-18(22)12-11-17-6-4-14-24-17/h4,6-12,14H,13H2,1-2H3,(H,20,22)/b12-11+. The average molecular weight is 338 g/mol. The lowest BCUT2D eigenvalue weighted by Gasteiger charge is -2.09. The van der Waals surface area contributed by atoms with Crippen LogP contribution in [0.3, 0.4) is 0 Å². The van der Waals surface area contributed by atoms with Crippen LogP contribution in [-0.2, 0) is 4.79 Å². The molecule has 0 fully saturated rings. The Morgan fingerprint density at radius 2 is 1.96 bits per heavy atom. The fourth-order valence-corrected chi connectivity index (χ4v) is 2.45. The van der Waals surface area contributed by atoms with E-state index in [4.69, 9.17) is 0 Å². The highest BCUT2D eigenvalue weighted by Crippen LogP contribution is 2.09. The van der Waals surface area contributed by atoms with Gasteiger partial charge in [-0.3, -0.25) is 9.59 Å². The minimum atomic E-state index is -0.176. The molecule has 1 aromatic carbocycles. The SMILES string of the molecule is CN(C)C(=O)c1ccc(C#CCNC(=O)/C=C/c2cccs2)cc1. The fraction of sp³-hybridized carbons (Fsp3) is 0.158. The van der Waals surface area contributed by atoms with E-state index >= 15 is 0 Å². The third-order valence-electron chi connectivity index (χ3n) is 3.06. The van der Waals surface area contributed by atoms with Crippen LogP contribution in [0.15, 0.2) is 47.9 Å². The molecule has 1 aromatic heterocycles. The molecule has 2 aromatic rings. The maximum Gasteiger partial charge on any atom is 0.253 e. The second kappa shape index (κ2) is 8.70. The minimum Gasteiger partial charge on any atom is -0.345 e. The predicted octanol–water partition coefficient (Wildman–Crippen LogP) is 2.63. The summed E-state index contributed by atoms with van der Waals surface area (Å²) in [5.41, 5.74) is 1.42. The van der Waals surface area contributed by atoms with Crippen molar-refractivity contribution >= 4 is 29.2 Å². The molecule has 122 valence electrons. The van der Waals surface area contributed by atoms with Crippen LogP contribution in [0.1, 0.15) is 20.8 Å². The highest BCUT2D eigenvalue weighted by atomic mass is 32.1. The maximum atomic E-state index is 11.8. The lowest BCUT2D eigenvalue weighted by Crippen LogP contribution is -2.21. The summed E-state index contributed by atoms with van der Waals surface area (Å²) in [4.78, 5) is 26.0. The molecule has 0 atom stereocenters. The van der Waals surface area contributed by atoms with E-state index in [2.05, 4.69) is 17.2 Å². The Kier molecular flexibility index (Phi) is 6.35. The van der Waals surface area contributed by atoms with E-state index in [9.17, 15) is 9.59 Å². The van der Waals surface area contributed by atoms with Gasteiger partial charge < -0.3 is 10.2 Å². The molecule has 1 heterocycles. The van der Waals surface area contributed by atoms with Crippen LogP contribution in [0.2, 0.25) is 0 Å². The van der Waals surface area contributed by atoms with Crippen LogP contribution in [-0.4, -0.2) is 37.4 Å². The molecule has 0 aliphatic carbocycles. The summed E-state index contributed by atoms with van der Waals surface area (Å²) in [6.07, 6.45) is 3.27. The van der Waals surface area contributed by atoms with Gasteiger partial charge in [0.25, 0.3) is 5.91 Å². The van der Waals surface area contributed by atoms with E-state index in [0.29, 0.717) is 5.56 Å². The van der Waals surface area contributed by atoms with Crippen LogP contribution in [0.25, 0.3) is 6.08 Å².